The van der Waals surface area contributed by atoms with Gasteiger partial charge in [-0.15, -0.1) is 0 Å². The maximum atomic E-state index is 14.4. The molecule has 0 saturated heterocycles. The number of nitrogens with zero attached hydrogens (tertiary/aromatic N) is 3. The number of halogens is 2. The Morgan fingerprint density at radius 1 is 0.907 bits per heavy atom. The Labute approximate surface area is 265 Å². The molecule has 11 heteroatoms. The Balaban J connectivity index is 2.15. The third-order valence-electron chi connectivity index (χ3n) is 7.26. The summed E-state index contributed by atoms with van der Waals surface area (Å²) in [6, 6.07) is 18.8. The molecule has 0 aromatic heterocycles. The molecule has 8 nitrogen and oxygen atoms in total. The van der Waals surface area contributed by atoms with Crippen LogP contribution >= 0.6 is 23.2 Å². The molecule has 3 aromatic rings. The van der Waals surface area contributed by atoms with Gasteiger partial charge in [0.1, 0.15) is 12.6 Å². The average molecular weight is 648 g/mol. The number of amides is 2. The molecule has 1 N–H and O–H groups in total. The minimum absolute atomic E-state index is 0.00377. The molecule has 0 saturated carbocycles. The first-order chi connectivity index (χ1) is 20.2. The van der Waals surface area contributed by atoms with Crippen LogP contribution in [0.5, 0.6) is 0 Å². The lowest BCUT2D eigenvalue weighted by Crippen LogP contribution is -2.55. The topological polar surface area (TPSA) is 90.0 Å². The maximum absolute atomic E-state index is 14.4. The predicted molar refractivity (Wildman–Crippen MR) is 175 cm³/mol. The van der Waals surface area contributed by atoms with Gasteiger partial charge in [0.15, 0.2) is 0 Å². The quantitative estimate of drug-likeness (QED) is 0.255. The highest BCUT2D eigenvalue weighted by molar-refractivity contribution is 7.90. The number of anilines is 1. The Morgan fingerprint density at radius 3 is 2.19 bits per heavy atom. The molecule has 0 aliphatic heterocycles. The number of nitrogens with one attached hydrogen (secondary N) is 1. The summed E-state index contributed by atoms with van der Waals surface area (Å²) in [6.07, 6.45) is 0.923. The highest BCUT2D eigenvalue weighted by atomic mass is 35.5. The lowest BCUT2D eigenvalue weighted by Gasteiger charge is -2.35. The Bertz CT molecular complexity index is 1530. The summed E-state index contributed by atoms with van der Waals surface area (Å²) in [4.78, 5) is 29.7. The van der Waals surface area contributed by atoms with Crippen LogP contribution in [0, 0.1) is 13.8 Å². The number of hydrogen-bond acceptors (Lipinski definition) is 4. The van der Waals surface area contributed by atoms with Crippen LogP contribution in [-0.2, 0) is 32.8 Å². The molecule has 0 fully saturated rings. The fraction of sp³-hybridized carbons (Fsp3) is 0.375. The van der Waals surface area contributed by atoms with E-state index >= 15 is 0 Å². The molecule has 0 heterocycles. The van der Waals surface area contributed by atoms with Crippen LogP contribution < -0.4 is 9.62 Å². The third-order valence-corrected chi connectivity index (χ3v) is 9.81. The molecular weight excluding hydrogens is 607 g/mol. The van der Waals surface area contributed by atoms with Crippen molar-refractivity contribution in [1.82, 2.24) is 14.5 Å². The number of benzene rings is 3. The van der Waals surface area contributed by atoms with Crippen LogP contribution in [-0.4, -0.2) is 62.2 Å². The van der Waals surface area contributed by atoms with Crippen molar-refractivity contribution in [3.8, 4) is 0 Å². The molecular formula is C32H40Cl2N4O4S. The molecule has 3 rings (SSSR count). The summed E-state index contributed by atoms with van der Waals surface area (Å²) in [5.41, 5.74) is 3.42. The van der Waals surface area contributed by atoms with Crippen LogP contribution in [0.25, 0.3) is 0 Å². The smallest absolute Gasteiger partial charge is 0.304 e. The van der Waals surface area contributed by atoms with Crippen LogP contribution in [0.4, 0.5) is 5.69 Å². The van der Waals surface area contributed by atoms with E-state index in [9.17, 15) is 18.0 Å². The highest BCUT2D eigenvalue weighted by Gasteiger charge is 2.35. The van der Waals surface area contributed by atoms with E-state index in [1.807, 2.05) is 63.2 Å². The van der Waals surface area contributed by atoms with E-state index in [2.05, 4.69) is 5.32 Å². The van der Waals surface area contributed by atoms with Crippen molar-refractivity contribution in [2.75, 3.05) is 24.9 Å². The van der Waals surface area contributed by atoms with Gasteiger partial charge >= 0.3 is 10.2 Å². The van der Waals surface area contributed by atoms with Gasteiger partial charge in [0, 0.05) is 33.1 Å². The van der Waals surface area contributed by atoms with Crippen LogP contribution in [0.2, 0.25) is 10.0 Å². The normalized spacial score (nSPS) is 13.0. The summed E-state index contributed by atoms with van der Waals surface area (Å²) < 4.78 is 29.5. The van der Waals surface area contributed by atoms with Gasteiger partial charge < -0.3 is 10.2 Å². The second-order valence-corrected chi connectivity index (χ2v) is 13.8. The zero-order chi connectivity index (χ0) is 31.9. The SMILES string of the molecule is CCC(C)NC(=O)C(Cc1ccccc1)N(Cc1ccc(Cl)c(Cl)c1)C(=O)CN(c1cc(C)ccc1C)S(=O)(=O)N(C)C. The van der Waals surface area contributed by atoms with E-state index < -0.39 is 28.7 Å². The number of hydrogen-bond donors (Lipinski definition) is 1. The van der Waals surface area contributed by atoms with Gasteiger partial charge in [0.2, 0.25) is 11.8 Å². The lowest BCUT2D eigenvalue weighted by molar-refractivity contribution is -0.140. The molecule has 2 unspecified atom stereocenters. The van der Waals surface area contributed by atoms with Crippen molar-refractivity contribution >= 4 is 50.9 Å². The largest absolute Gasteiger partial charge is 0.352 e. The van der Waals surface area contributed by atoms with Crippen molar-refractivity contribution in [2.24, 2.45) is 0 Å². The van der Waals surface area contributed by atoms with Crippen LogP contribution in [0.1, 0.15) is 42.5 Å². The van der Waals surface area contributed by atoms with Crippen LogP contribution in [0.3, 0.4) is 0 Å². The molecule has 0 radical (unpaired) electrons. The third kappa shape index (κ3) is 8.95. The second-order valence-electron chi connectivity index (χ2n) is 10.9. The number of aryl methyl sites for hydroxylation is 2. The number of carbonyl (C=O) groups is 2. The van der Waals surface area contributed by atoms with E-state index in [1.54, 1.807) is 31.2 Å². The summed E-state index contributed by atoms with van der Waals surface area (Å²) in [5.74, 6) is -0.877. The van der Waals surface area contributed by atoms with Gasteiger partial charge in [-0.1, -0.05) is 78.7 Å². The Hall–Kier alpha value is -3.11. The van der Waals surface area contributed by atoms with Crippen molar-refractivity contribution in [2.45, 2.75) is 59.2 Å². The Kier molecular flexibility index (Phi) is 12.0. The summed E-state index contributed by atoms with van der Waals surface area (Å²) in [6.45, 7) is 7.00. The van der Waals surface area contributed by atoms with Gasteiger partial charge in [-0.05, 0) is 67.6 Å². The summed E-state index contributed by atoms with van der Waals surface area (Å²) in [7, 11) is -1.25. The zero-order valence-corrected chi connectivity index (χ0v) is 27.8. The van der Waals surface area contributed by atoms with E-state index in [0.29, 0.717) is 33.3 Å². The molecule has 43 heavy (non-hydrogen) atoms. The minimum atomic E-state index is -4.09. The van der Waals surface area contributed by atoms with E-state index in [0.717, 1.165) is 19.7 Å². The van der Waals surface area contributed by atoms with Crippen molar-refractivity contribution in [3.05, 3.63) is 99.0 Å². The van der Waals surface area contributed by atoms with Gasteiger partial charge in [-0.2, -0.15) is 12.7 Å². The monoisotopic (exact) mass is 646 g/mol. The van der Waals surface area contributed by atoms with Crippen molar-refractivity contribution in [3.63, 3.8) is 0 Å². The van der Waals surface area contributed by atoms with Gasteiger partial charge in [-0.25, -0.2) is 4.31 Å². The maximum Gasteiger partial charge on any atom is 0.304 e. The standard InChI is InChI=1S/C32H40Cl2N4O4S/c1-7-24(4)35-32(40)30(19-25-11-9-8-10-12-25)37(20-26-15-16-27(33)28(34)18-26)31(39)21-38(43(41,42)36(5)6)29-17-22(2)13-14-23(29)3/h8-18,24,30H,7,19-21H2,1-6H3,(H,35,40). The summed E-state index contributed by atoms with van der Waals surface area (Å²) in [5, 5.41) is 3.69. The fourth-order valence-electron chi connectivity index (χ4n) is 4.52. The molecule has 3 aromatic carbocycles. The van der Waals surface area contributed by atoms with Gasteiger partial charge in [0.25, 0.3) is 0 Å². The first kappa shape index (κ1) is 34.4. The van der Waals surface area contributed by atoms with Crippen molar-refractivity contribution < 1.29 is 18.0 Å². The zero-order valence-electron chi connectivity index (χ0n) is 25.5. The van der Waals surface area contributed by atoms with Crippen molar-refractivity contribution in [1.29, 1.82) is 0 Å². The number of carbonyl (C=O) groups excluding carboxylic acids is 2. The van der Waals surface area contributed by atoms with E-state index in [1.165, 1.54) is 19.0 Å². The first-order valence-corrected chi connectivity index (χ1v) is 16.2. The second kappa shape index (κ2) is 15.1. The molecule has 2 amide bonds. The number of rotatable bonds is 13. The lowest BCUT2D eigenvalue weighted by atomic mass is 10.0. The predicted octanol–water partition coefficient (Wildman–Crippen LogP) is 5.78. The molecule has 232 valence electrons. The molecule has 0 aliphatic carbocycles. The molecule has 0 spiro atoms. The van der Waals surface area contributed by atoms with Gasteiger partial charge in [-0.3, -0.25) is 9.59 Å². The first-order valence-electron chi connectivity index (χ1n) is 14.1. The average Bonchev–Trinajstić information content (AvgIpc) is 2.96. The Morgan fingerprint density at radius 2 is 1.58 bits per heavy atom. The molecule has 0 aliphatic rings. The molecule has 2 atom stereocenters. The fourth-order valence-corrected chi connectivity index (χ4v) is 5.95. The minimum Gasteiger partial charge on any atom is -0.352 e. The van der Waals surface area contributed by atoms with Crippen LogP contribution in [0.15, 0.2) is 66.7 Å². The highest BCUT2D eigenvalue weighted by Crippen LogP contribution is 2.27. The van der Waals surface area contributed by atoms with E-state index in [-0.39, 0.29) is 24.9 Å². The molecule has 0 bridgehead atoms. The van der Waals surface area contributed by atoms with E-state index in [4.69, 9.17) is 23.2 Å². The summed E-state index contributed by atoms with van der Waals surface area (Å²) >= 11 is 12.5. The van der Waals surface area contributed by atoms with Gasteiger partial charge in [0.05, 0.1) is 15.7 Å².